The van der Waals surface area contributed by atoms with Gasteiger partial charge in [0.1, 0.15) is 5.75 Å². The minimum Gasteiger partial charge on any atom is -0.494 e. The molecule has 0 aliphatic carbocycles. The van der Waals surface area contributed by atoms with Gasteiger partial charge >= 0.3 is 0 Å². The van der Waals surface area contributed by atoms with Gasteiger partial charge in [0.15, 0.2) is 0 Å². The van der Waals surface area contributed by atoms with Gasteiger partial charge in [-0.15, -0.1) is 6.07 Å². The molecule has 0 amide bonds. The first kappa shape index (κ1) is 20.6. The zero-order chi connectivity index (χ0) is 16.3. The molecule has 0 N–H and O–H groups in total. The van der Waals surface area contributed by atoms with E-state index < -0.39 is 18.5 Å². The average Bonchev–Trinajstić information content (AvgIpc) is 2.45. The van der Waals surface area contributed by atoms with Gasteiger partial charge in [0.05, 0.1) is 13.2 Å². The van der Waals surface area contributed by atoms with E-state index >= 15 is 0 Å². The maximum Gasteiger partial charge on any atom is 0.256 e. The number of nitrogens with zero attached hydrogens (tertiary/aromatic N) is 1. The fourth-order valence-electron chi connectivity index (χ4n) is 1.98. The second-order valence-corrected chi connectivity index (χ2v) is 5.18. The molecule has 3 nitrogen and oxygen atoms in total. The van der Waals surface area contributed by atoms with Gasteiger partial charge in [0, 0.05) is 37.7 Å². The Bertz CT molecular complexity index is 738. The molecule has 2 aromatic rings. The van der Waals surface area contributed by atoms with Crippen LogP contribution in [0.25, 0.3) is 11.3 Å². The number of alkyl halides is 2. The van der Waals surface area contributed by atoms with Crippen LogP contribution >= 0.6 is 23.2 Å². The molecule has 0 spiro atoms. The van der Waals surface area contributed by atoms with E-state index in [4.69, 9.17) is 27.9 Å². The standard InChI is InChI=1S/C15H12Cl2F2NO2.Y/c1-2-22-9-3-4-10(12(17)7-9)13-6-5-11(16)15(21)20(13)8-14(18)19;/h3-5,7,14H,2,8H2,1H3;/q-1;. The molecule has 0 saturated carbocycles. The van der Waals surface area contributed by atoms with E-state index in [0.29, 0.717) is 17.9 Å². The predicted octanol–water partition coefficient (Wildman–Crippen LogP) is 4.28. The Morgan fingerprint density at radius 3 is 2.57 bits per heavy atom. The minimum absolute atomic E-state index is 0. The van der Waals surface area contributed by atoms with Crippen molar-refractivity contribution in [2.24, 2.45) is 0 Å². The van der Waals surface area contributed by atoms with Crippen LogP contribution < -0.4 is 10.3 Å². The van der Waals surface area contributed by atoms with E-state index in [1.165, 1.54) is 6.07 Å². The number of pyridine rings is 1. The second kappa shape index (κ2) is 9.12. The van der Waals surface area contributed by atoms with Crippen LogP contribution in [-0.2, 0) is 39.3 Å². The summed E-state index contributed by atoms with van der Waals surface area (Å²) in [6.07, 6.45) is -2.70. The number of aromatic nitrogens is 1. The Morgan fingerprint density at radius 1 is 1.30 bits per heavy atom. The summed E-state index contributed by atoms with van der Waals surface area (Å²) in [6, 6.07) is 8.77. The van der Waals surface area contributed by atoms with Crippen LogP contribution in [0.2, 0.25) is 10.0 Å². The van der Waals surface area contributed by atoms with Gasteiger partial charge in [-0.25, -0.2) is 8.78 Å². The normalized spacial score (nSPS) is 10.5. The van der Waals surface area contributed by atoms with Crippen molar-refractivity contribution in [3.05, 3.63) is 50.7 Å². The van der Waals surface area contributed by atoms with E-state index in [9.17, 15) is 13.6 Å². The number of rotatable bonds is 5. The smallest absolute Gasteiger partial charge is 0.256 e. The Labute approximate surface area is 167 Å². The summed E-state index contributed by atoms with van der Waals surface area (Å²) in [5.74, 6) is 0.549. The predicted molar refractivity (Wildman–Crippen MR) is 82.2 cm³/mol. The number of benzene rings is 1. The fraction of sp³-hybridized carbons (Fsp3) is 0.267. The van der Waals surface area contributed by atoms with Gasteiger partial charge in [-0.05, 0) is 24.1 Å². The molecule has 23 heavy (non-hydrogen) atoms. The molecule has 8 heteroatoms. The van der Waals surface area contributed by atoms with Crippen molar-refractivity contribution in [2.75, 3.05) is 6.61 Å². The number of halogens is 4. The summed E-state index contributed by atoms with van der Waals surface area (Å²) >= 11 is 11.9. The van der Waals surface area contributed by atoms with Crippen LogP contribution in [0.15, 0.2) is 29.1 Å². The maximum absolute atomic E-state index is 12.7. The van der Waals surface area contributed by atoms with Crippen molar-refractivity contribution in [2.45, 2.75) is 19.9 Å². The van der Waals surface area contributed by atoms with Crippen molar-refractivity contribution in [3.8, 4) is 17.0 Å². The Balaban J connectivity index is 0.00000264. The molecule has 0 aliphatic heterocycles. The molecule has 0 unspecified atom stereocenters. The summed E-state index contributed by atoms with van der Waals surface area (Å²) in [6.45, 7) is 1.52. The molecule has 0 atom stereocenters. The Hall–Kier alpha value is -0.486. The molecule has 1 aromatic carbocycles. The SMILES string of the molecule is CCOc1ccc(-c2[c-]cc(Cl)c(=O)n2CC(F)F)c(Cl)c1.[Y]. The molecular formula is C15H12Cl2F2NO2Y-. The van der Waals surface area contributed by atoms with Gasteiger partial charge < -0.3 is 9.30 Å². The van der Waals surface area contributed by atoms with Crippen LogP contribution in [0.4, 0.5) is 8.78 Å². The molecule has 1 heterocycles. The van der Waals surface area contributed by atoms with Crippen LogP contribution in [0.1, 0.15) is 6.92 Å². The maximum atomic E-state index is 12.7. The molecular weight excluding hydrogens is 424 g/mol. The van der Waals surface area contributed by atoms with E-state index in [1.807, 2.05) is 6.92 Å². The van der Waals surface area contributed by atoms with Crippen molar-refractivity contribution < 1.29 is 46.2 Å². The number of hydrogen-bond acceptors (Lipinski definition) is 2. The van der Waals surface area contributed by atoms with Gasteiger partial charge in [-0.3, -0.25) is 4.79 Å². The Kier molecular flexibility index (Phi) is 8.15. The molecule has 0 bridgehead atoms. The van der Waals surface area contributed by atoms with Crippen molar-refractivity contribution in [1.29, 1.82) is 0 Å². The first-order valence-electron chi connectivity index (χ1n) is 6.46. The van der Waals surface area contributed by atoms with E-state index in [-0.39, 0.29) is 48.4 Å². The minimum atomic E-state index is -2.70. The summed E-state index contributed by atoms with van der Waals surface area (Å²) in [4.78, 5) is 12.0. The van der Waals surface area contributed by atoms with Crippen LogP contribution in [0, 0.1) is 6.07 Å². The molecule has 0 fully saturated rings. The summed E-state index contributed by atoms with van der Waals surface area (Å²) in [7, 11) is 0. The first-order valence-corrected chi connectivity index (χ1v) is 7.21. The van der Waals surface area contributed by atoms with Gasteiger partial charge in [0.25, 0.3) is 6.43 Å². The molecule has 1 aromatic heterocycles. The van der Waals surface area contributed by atoms with E-state index in [2.05, 4.69) is 6.07 Å². The zero-order valence-corrected chi connectivity index (χ0v) is 16.5. The van der Waals surface area contributed by atoms with Crippen LogP contribution in [0.5, 0.6) is 5.75 Å². The summed E-state index contributed by atoms with van der Waals surface area (Å²) in [5, 5.41) is 0.0957. The second-order valence-electron chi connectivity index (χ2n) is 4.37. The molecule has 1 radical (unpaired) electrons. The third kappa shape index (κ3) is 4.99. The molecule has 0 aliphatic rings. The molecule has 2 rings (SSSR count). The largest absolute Gasteiger partial charge is 0.494 e. The molecule has 121 valence electrons. The van der Waals surface area contributed by atoms with Gasteiger partial charge in [0.2, 0.25) is 5.56 Å². The zero-order valence-electron chi connectivity index (χ0n) is 12.2. The first-order chi connectivity index (χ1) is 10.4. The summed E-state index contributed by atoms with van der Waals surface area (Å²) in [5.41, 5.74) is -0.150. The topological polar surface area (TPSA) is 31.2 Å². The van der Waals surface area contributed by atoms with E-state index in [0.717, 1.165) is 4.57 Å². The van der Waals surface area contributed by atoms with Crippen molar-refractivity contribution >= 4 is 23.2 Å². The number of hydrogen-bond donors (Lipinski definition) is 0. The van der Waals surface area contributed by atoms with Crippen LogP contribution in [-0.4, -0.2) is 17.6 Å². The number of ether oxygens (including phenoxy) is 1. The monoisotopic (exact) mass is 435 g/mol. The van der Waals surface area contributed by atoms with E-state index in [1.54, 1.807) is 18.2 Å². The summed E-state index contributed by atoms with van der Waals surface area (Å²) < 4.78 is 31.6. The Morgan fingerprint density at radius 2 is 2.00 bits per heavy atom. The third-order valence-electron chi connectivity index (χ3n) is 2.88. The fourth-order valence-corrected chi connectivity index (χ4v) is 2.40. The third-order valence-corrected chi connectivity index (χ3v) is 3.47. The van der Waals surface area contributed by atoms with Gasteiger partial charge in [-0.1, -0.05) is 22.9 Å². The quantitative estimate of drug-likeness (QED) is 0.656. The van der Waals surface area contributed by atoms with Gasteiger partial charge in [-0.2, -0.15) is 23.7 Å². The van der Waals surface area contributed by atoms with Crippen molar-refractivity contribution in [3.63, 3.8) is 0 Å². The average molecular weight is 436 g/mol. The van der Waals surface area contributed by atoms with Crippen molar-refractivity contribution in [1.82, 2.24) is 4.57 Å². The van der Waals surface area contributed by atoms with Crippen LogP contribution in [0.3, 0.4) is 0 Å². The molecule has 0 saturated heterocycles.